The highest BCUT2D eigenvalue weighted by atomic mass is 16.5. The molecule has 0 aromatic heterocycles. The minimum Gasteiger partial charge on any atom is -0.479 e. The fourth-order valence-electron chi connectivity index (χ4n) is 2.63. The summed E-state index contributed by atoms with van der Waals surface area (Å²) in [5, 5.41) is 11.8. The zero-order valence-corrected chi connectivity index (χ0v) is 13.8. The van der Waals surface area contributed by atoms with Crippen LogP contribution in [0.1, 0.15) is 30.5 Å². The average molecular weight is 334 g/mol. The van der Waals surface area contributed by atoms with Gasteiger partial charge < -0.3 is 20.1 Å². The number of ether oxygens (including phenoxy) is 1. The Bertz CT molecular complexity index is 614. The van der Waals surface area contributed by atoms with Crippen LogP contribution in [0.5, 0.6) is 0 Å². The van der Waals surface area contributed by atoms with Gasteiger partial charge in [-0.15, -0.1) is 0 Å². The van der Waals surface area contributed by atoms with E-state index in [1.165, 1.54) is 11.8 Å². The van der Waals surface area contributed by atoms with Crippen molar-refractivity contribution in [1.29, 1.82) is 0 Å². The van der Waals surface area contributed by atoms with Gasteiger partial charge in [0.2, 0.25) is 11.8 Å². The number of carbonyl (C=O) groups excluding carboxylic acids is 2. The van der Waals surface area contributed by atoms with Crippen molar-refractivity contribution in [3.63, 3.8) is 0 Å². The summed E-state index contributed by atoms with van der Waals surface area (Å²) in [5.41, 5.74) is 1.93. The lowest BCUT2D eigenvalue weighted by Crippen LogP contribution is -2.49. The van der Waals surface area contributed by atoms with Crippen molar-refractivity contribution < 1.29 is 24.2 Å². The van der Waals surface area contributed by atoms with Crippen LogP contribution in [0.2, 0.25) is 0 Å². The van der Waals surface area contributed by atoms with Gasteiger partial charge in [-0.25, -0.2) is 4.79 Å². The first kappa shape index (κ1) is 17.9. The van der Waals surface area contributed by atoms with Crippen LogP contribution in [0.25, 0.3) is 0 Å². The number of carboxylic acid groups (broad SMARTS) is 1. The first-order valence-electron chi connectivity index (χ1n) is 7.82. The van der Waals surface area contributed by atoms with Gasteiger partial charge in [0.1, 0.15) is 0 Å². The highest BCUT2D eigenvalue weighted by Gasteiger charge is 2.30. The number of carbonyl (C=O) groups is 3. The number of morpholine rings is 1. The molecule has 7 heteroatoms. The Labute approximate surface area is 140 Å². The predicted octanol–water partition coefficient (Wildman–Crippen LogP) is 0.874. The standard InChI is InChI=1S/C17H22N2O5/c1-11-3-5-13(6-4-11)14(18-12(2)20)9-16(21)19-7-8-24-15(10-19)17(22)23/h3-6,14-15H,7-10H2,1-2H3,(H,18,20)(H,22,23)/t14-,15+/m1/s1. The molecule has 0 bridgehead atoms. The van der Waals surface area contributed by atoms with Crippen molar-refractivity contribution in [3.05, 3.63) is 35.4 Å². The van der Waals surface area contributed by atoms with Gasteiger partial charge in [0, 0.05) is 13.5 Å². The number of carboxylic acids is 1. The second-order valence-electron chi connectivity index (χ2n) is 5.91. The molecule has 0 spiro atoms. The fourth-order valence-corrected chi connectivity index (χ4v) is 2.63. The maximum atomic E-state index is 12.5. The number of nitrogens with one attached hydrogen (secondary N) is 1. The van der Waals surface area contributed by atoms with Crippen molar-refractivity contribution in [2.24, 2.45) is 0 Å². The third-order valence-electron chi connectivity index (χ3n) is 3.93. The molecule has 1 fully saturated rings. The minimum absolute atomic E-state index is 0.0227. The third-order valence-corrected chi connectivity index (χ3v) is 3.93. The van der Waals surface area contributed by atoms with Gasteiger partial charge in [-0.3, -0.25) is 9.59 Å². The summed E-state index contributed by atoms with van der Waals surface area (Å²) in [5.74, 6) is -1.51. The molecule has 0 aliphatic carbocycles. The van der Waals surface area contributed by atoms with Gasteiger partial charge in [0.15, 0.2) is 6.10 Å². The number of hydrogen-bond donors (Lipinski definition) is 2. The summed E-state index contributed by atoms with van der Waals surface area (Å²) in [6.45, 7) is 3.93. The molecule has 7 nitrogen and oxygen atoms in total. The quantitative estimate of drug-likeness (QED) is 0.833. The summed E-state index contributed by atoms with van der Waals surface area (Å²) in [4.78, 5) is 36.5. The van der Waals surface area contributed by atoms with E-state index >= 15 is 0 Å². The summed E-state index contributed by atoms with van der Waals surface area (Å²) in [6.07, 6.45) is -0.920. The molecular formula is C17H22N2O5. The molecule has 1 heterocycles. The van der Waals surface area contributed by atoms with Crippen LogP contribution in [-0.2, 0) is 19.1 Å². The van der Waals surface area contributed by atoms with Crippen LogP contribution in [-0.4, -0.2) is 53.6 Å². The SMILES string of the molecule is CC(=O)N[C@H](CC(=O)N1CCO[C@H](C(=O)O)C1)c1ccc(C)cc1. The molecule has 24 heavy (non-hydrogen) atoms. The monoisotopic (exact) mass is 334 g/mol. The average Bonchev–Trinajstić information content (AvgIpc) is 2.54. The van der Waals surface area contributed by atoms with Gasteiger partial charge in [0.05, 0.1) is 25.6 Å². The van der Waals surface area contributed by atoms with E-state index in [0.717, 1.165) is 11.1 Å². The van der Waals surface area contributed by atoms with Gasteiger partial charge in [0.25, 0.3) is 0 Å². The summed E-state index contributed by atoms with van der Waals surface area (Å²) in [7, 11) is 0. The molecule has 1 aromatic carbocycles. The Kier molecular flexibility index (Phi) is 5.92. The Balaban J connectivity index is 2.08. The number of rotatable bonds is 5. The minimum atomic E-state index is -1.08. The summed E-state index contributed by atoms with van der Waals surface area (Å²) >= 11 is 0. The summed E-state index contributed by atoms with van der Waals surface area (Å²) < 4.78 is 5.12. The Morgan fingerprint density at radius 3 is 2.58 bits per heavy atom. The number of benzene rings is 1. The molecule has 2 N–H and O–H groups in total. The molecular weight excluding hydrogens is 312 g/mol. The normalized spacial score (nSPS) is 18.8. The van der Waals surface area contributed by atoms with Gasteiger partial charge in [-0.1, -0.05) is 29.8 Å². The van der Waals surface area contributed by atoms with Gasteiger partial charge in [-0.2, -0.15) is 0 Å². The molecule has 1 aromatic rings. The van der Waals surface area contributed by atoms with Gasteiger partial charge >= 0.3 is 5.97 Å². The predicted molar refractivity (Wildman–Crippen MR) is 86.3 cm³/mol. The molecule has 1 aliphatic heterocycles. The van der Waals surface area contributed by atoms with Crippen molar-refractivity contribution in [2.45, 2.75) is 32.4 Å². The second kappa shape index (κ2) is 7.92. The number of hydrogen-bond acceptors (Lipinski definition) is 4. The maximum absolute atomic E-state index is 12.5. The lowest BCUT2D eigenvalue weighted by Gasteiger charge is -2.32. The second-order valence-corrected chi connectivity index (χ2v) is 5.91. The molecule has 0 radical (unpaired) electrons. The highest BCUT2D eigenvalue weighted by Crippen LogP contribution is 2.20. The molecule has 0 saturated carbocycles. The fraction of sp³-hybridized carbons (Fsp3) is 0.471. The van der Waals surface area contributed by atoms with Crippen LogP contribution in [0, 0.1) is 6.92 Å². The van der Waals surface area contributed by atoms with Crippen molar-refractivity contribution in [3.8, 4) is 0 Å². The number of aryl methyl sites for hydroxylation is 1. The molecule has 2 amide bonds. The van der Waals surface area contributed by atoms with E-state index in [4.69, 9.17) is 9.84 Å². The Morgan fingerprint density at radius 2 is 2.00 bits per heavy atom. The zero-order chi connectivity index (χ0) is 17.7. The molecule has 1 aliphatic rings. The van der Waals surface area contributed by atoms with E-state index in [0.29, 0.717) is 6.54 Å². The van der Waals surface area contributed by atoms with Crippen molar-refractivity contribution >= 4 is 17.8 Å². The first-order chi connectivity index (χ1) is 11.4. The van der Waals surface area contributed by atoms with E-state index in [1.54, 1.807) is 0 Å². The number of aliphatic carboxylic acids is 1. The van der Waals surface area contributed by atoms with Crippen LogP contribution in [0.4, 0.5) is 0 Å². The van der Waals surface area contributed by atoms with E-state index in [-0.39, 0.29) is 31.4 Å². The Hall–Kier alpha value is -2.41. The van der Waals surface area contributed by atoms with Crippen LogP contribution in [0.15, 0.2) is 24.3 Å². The molecule has 2 rings (SSSR count). The third kappa shape index (κ3) is 4.79. The van der Waals surface area contributed by atoms with E-state index in [1.807, 2.05) is 31.2 Å². The van der Waals surface area contributed by atoms with E-state index < -0.39 is 18.1 Å². The van der Waals surface area contributed by atoms with Crippen molar-refractivity contribution in [2.75, 3.05) is 19.7 Å². The molecule has 2 atom stereocenters. The highest BCUT2D eigenvalue weighted by molar-refractivity contribution is 5.80. The Morgan fingerprint density at radius 1 is 1.33 bits per heavy atom. The first-order valence-corrected chi connectivity index (χ1v) is 7.82. The lowest BCUT2D eigenvalue weighted by atomic mass is 10.0. The molecule has 0 unspecified atom stereocenters. The maximum Gasteiger partial charge on any atom is 0.334 e. The van der Waals surface area contributed by atoms with Gasteiger partial charge in [-0.05, 0) is 12.5 Å². The zero-order valence-electron chi connectivity index (χ0n) is 13.8. The van der Waals surface area contributed by atoms with Crippen LogP contribution < -0.4 is 5.32 Å². The van der Waals surface area contributed by atoms with E-state index in [2.05, 4.69) is 5.32 Å². The van der Waals surface area contributed by atoms with Crippen LogP contribution in [0.3, 0.4) is 0 Å². The van der Waals surface area contributed by atoms with Crippen LogP contribution >= 0.6 is 0 Å². The lowest BCUT2D eigenvalue weighted by molar-refractivity contribution is -0.159. The largest absolute Gasteiger partial charge is 0.479 e. The van der Waals surface area contributed by atoms with E-state index in [9.17, 15) is 14.4 Å². The number of nitrogens with zero attached hydrogens (tertiary/aromatic N) is 1. The topological polar surface area (TPSA) is 95.9 Å². The molecule has 1 saturated heterocycles. The number of amides is 2. The summed E-state index contributed by atoms with van der Waals surface area (Å²) in [6, 6.07) is 7.15. The molecule has 130 valence electrons. The van der Waals surface area contributed by atoms with Crippen molar-refractivity contribution in [1.82, 2.24) is 10.2 Å². The smallest absolute Gasteiger partial charge is 0.334 e.